The molecule has 2 amide bonds. The predicted molar refractivity (Wildman–Crippen MR) is 102 cm³/mol. The largest absolute Gasteiger partial charge is 0.345 e. The zero-order valence-electron chi connectivity index (χ0n) is 14.0. The molecule has 0 spiro atoms. The van der Waals surface area contributed by atoms with E-state index in [4.69, 9.17) is 0 Å². The van der Waals surface area contributed by atoms with E-state index < -0.39 is 6.04 Å². The first kappa shape index (κ1) is 18.5. The summed E-state index contributed by atoms with van der Waals surface area (Å²) in [4.78, 5) is 28.1. The molecular formula is C17H21N3O2S2. The van der Waals surface area contributed by atoms with Crippen LogP contribution in [0, 0.1) is 6.92 Å². The number of amides is 2. The molecule has 5 nitrogen and oxygen atoms in total. The zero-order valence-corrected chi connectivity index (χ0v) is 15.6. The van der Waals surface area contributed by atoms with Gasteiger partial charge >= 0.3 is 0 Å². The highest BCUT2D eigenvalue weighted by Gasteiger charge is 2.20. The van der Waals surface area contributed by atoms with Crippen LogP contribution in [0.3, 0.4) is 0 Å². The molecule has 0 radical (unpaired) electrons. The van der Waals surface area contributed by atoms with E-state index in [0.717, 1.165) is 22.6 Å². The summed E-state index contributed by atoms with van der Waals surface area (Å²) in [6.07, 6.45) is 2.56. The number of carbonyl (C=O) groups excluding carboxylic acids is 2. The number of nitrogens with one attached hydrogen (secondary N) is 2. The molecule has 0 aliphatic heterocycles. The maximum atomic E-state index is 12.4. The van der Waals surface area contributed by atoms with E-state index in [9.17, 15) is 9.59 Å². The summed E-state index contributed by atoms with van der Waals surface area (Å²) in [6, 6.07) is 7.52. The minimum absolute atomic E-state index is 0.212. The molecule has 1 atom stereocenters. The SMILES string of the molecule is CSCC[C@H](NC(C)=O)C(=O)Nc1nc(-c2cccc(C)c2)cs1. The normalized spacial score (nSPS) is 11.8. The minimum atomic E-state index is -0.540. The van der Waals surface area contributed by atoms with Crippen molar-refractivity contribution in [1.29, 1.82) is 0 Å². The molecule has 0 aliphatic rings. The highest BCUT2D eigenvalue weighted by atomic mass is 32.2. The fourth-order valence-corrected chi connectivity index (χ4v) is 3.40. The summed E-state index contributed by atoms with van der Waals surface area (Å²) in [5.41, 5.74) is 3.01. The quantitative estimate of drug-likeness (QED) is 0.792. The third-order valence-corrected chi connectivity index (χ3v) is 4.75. The molecule has 1 aromatic carbocycles. The standard InChI is InChI=1S/C17H21N3O2S2/c1-11-5-4-6-13(9-11)15-10-24-17(19-15)20-16(22)14(7-8-23-3)18-12(2)21/h4-6,9-10,14H,7-8H2,1-3H3,(H,18,21)(H,19,20,22)/t14-/m0/s1. The van der Waals surface area contributed by atoms with Crippen molar-refractivity contribution in [2.45, 2.75) is 26.3 Å². The Bertz CT molecular complexity index is 715. The summed E-state index contributed by atoms with van der Waals surface area (Å²) in [7, 11) is 0. The molecule has 0 fully saturated rings. The number of nitrogens with zero attached hydrogens (tertiary/aromatic N) is 1. The van der Waals surface area contributed by atoms with Crippen molar-refractivity contribution >= 4 is 40.0 Å². The van der Waals surface area contributed by atoms with Crippen molar-refractivity contribution in [3.05, 3.63) is 35.2 Å². The van der Waals surface area contributed by atoms with Crippen LogP contribution in [0.2, 0.25) is 0 Å². The van der Waals surface area contributed by atoms with Gasteiger partial charge in [-0.1, -0.05) is 23.8 Å². The molecule has 0 saturated carbocycles. The van der Waals surface area contributed by atoms with E-state index >= 15 is 0 Å². The van der Waals surface area contributed by atoms with Crippen LogP contribution in [0.5, 0.6) is 0 Å². The number of thiazole rings is 1. The molecule has 7 heteroatoms. The van der Waals surface area contributed by atoms with Gasteiger partial charge in [-0.3, -0.25) is 9.59 Å². The first-order chi connectivity index (χ1) is 11.5. The fourth-order valence-electron chi connectivity index (χ4n) is 2.21. The molecule has 1 heterocycles. The van der Waals surface area contributed by atoms with Gasteiger partial charge in [0, 0.05) is 17.9 Å². The molecule has 0 aliphatic carbocycles. The van der Waals surface area contributed by atoms with E-state index in [1.807, 2.05) is 36.8 Å². The Kier molecular flexibility index (Phi) is 6.81. The fraction of sp³-hybridized carbons (Fsp3) is 0.353. The Morgan fingerprint density at radius 1 is 1.38 bits per heavy atom. The average molecular weight is 364 g/mol. The van der Waals surface area contributed by atoms with Gasteiger partial charge in [-0.25, -0.2) is 4.98 Å². The van der Waals surface area contributed by atoms with E-state index in [-0.39, 0.29) is 11.8 Å². The number of aryl methyl sites for hydroxylation is 1. The number of hydrogen-bond acceptors (Lipinski definition) is 5. The van der Waals surface area contributed by atoms with Crippen molar-refractivity contribution in [1.82, 2.24) is 10.3 Å². The molecule has 0 unspecified atom stereocenters. The molecule has 128 valence electrons. The highest BCUT2D eigenvalue weighted by molar-refractivity contribution is 7.98. The maximum absolute atomic E-state index is 12.4. The number of thioether (sulfide) groups is 1. The van der Waals surface area contributed by atoms with Crippen LogP contribution < -0.4 is 10.6 Å². The third-order valence-electron chi connectivity index (χ3n) is 3.35. The molecule has 0 bridgehead atoms. The smallest absolute Gasteiger partial charge is 0.248 e. The van der Waals surface area contributed by atoms with Crippen LogP contribution in [-0.2, 0) is 9.59 Å². The van der Waals surface area contributed by atoms with Gasteiger partial charge in [0.15, 0.2) is 5.13 Å². The second-order valence-electron chi connectivity index (χ2n) is 5.43. The predicted octanol–water partition coefficient (Wildman–Crippen LogP) is 3.31. The Morgan fingerprint density at radius 3 is 2.83 bits per heavy atom. The van der Waals surface area contributed by atoms with Crippen LogP contribution in [0.4, 0.5) is 5.13 Å². The monoisotopic (exact) mass is 363 g/mol. The number of rotatable bonds is 7. The van der Waals surface area contributed by atoms with Crippen LogP contribution >= 0.6 is 23.1 Å². The first-order valence-electron chi connectivity index (χ1n) is 7.59. The number of aromatic nitrogens is 1. The van der Waals surface area contributed by atoms with Crippen molar-refractivity contribution in [3.8, 4) is 11.3 Å². The van der Waals surface area contributed by atoms with Gasteiger partial charge in [-0.05, 0) is 31.4 Å². The summed E-state index contributed by atoms with van der Waals surface area (Å²) >= 11 is 3.02. The van der Waals surface area contributed by atoms with E-state index in [0.29, 0.717) is 11.6 Å². The zero-order chi connectivity index (χ0) is 17.5. The molecule has 2 rings (SSSR count). The molecule has 0 saturated heterocycles. The first-order valence-corrected chi connectivity index (χ1v) is 9.86. The Hall–Kier alpha value is -1.86. The van der Waals surface area contributed by atoms with Gasteiger partial charge in [0.2, 0.25) is 11.8 Å². The van der Waals surface area contributed by atoms with Gasteiger partial charge in [0.25, 0.3) is 0 Å². The Morgan fingerprint density at radius 2 is 2.17 bits per heavy atom. The lowest BCUT2D eigenvalue weighted by molar-refractivity contribution is -0.125. The van der Waals surface area contributed by atoms with Crippen molar-refractivity contribution in [3.63, 3.8) is 0 Å². The van der Waals surface area contributed by atoms with Crippen molar-refractivity contribution in [2.75, 3.05) is 17.3 Å². The summed E-state index contributed by atoms with van der Waals surface area (Å²) in [5.74, 6) is 0.352. The lowest BCUT2D eigenvalue weighted by Crippen LogP contribution is -2.43. The Labute approximate surface area is 150 Å². The second-order valence-corrected chi connectivity index (χ2v) is 7.27. The summed E-state index contributed by atoms with van der Waals surface area (Å²) in [5, 5.41) is 7.95. The summed E-state index contributed by atoms with van der Waals surface area (Å²) in [6.45, 7) is 3.45. The van der Waals surface area contributed by atoms with Crippen LogP contribution in [0.15, 0.2) is 29.6 Å². The van der Waals surface area contributed by atoms with Crippen molar-refractivity contribution < 1.29 is 9.59 Å². The minimum Gasteiger partial charge on any atom is -0.345 e. The molecule has 2 aromatic rings. The number of hydrogen-bond donors (Lipinski definition) is 2. The lowest BCUT2D eigenvalue weighted by atomic mass is 10.1. The molecule has 1 aromatic heterocycles. The highest BCUT2D eigenvalue weighted by Crippen LogP contribution is 2.25. The molecule has 2 N–H and O–H groups in total. The van der Waals surface area contributed by atoms with Crippen LogP contribution in [0.1, 0.15) is 18.9 Å². The van der Waals surface area contributed by atoms with Gasteiger partial charge in [0.05, 0.1) is 5.69 Å². The lowest BCUT2D eigenvalue weighted by Gasteiger charge is -2.16. The van der Waals surface area contributed by atoms with Crippen LogP contribution in [-0.4, -0.2) is 34.8 Å². The van der Waals surface area contributed by atoms with Gasteiger partial charge in [-0.2, -0.15) is 11.8 Å². The van der Waals surface area contributed by atoms with Crippen molar-refractivity contribution in [2.24, 2.45) is 0 Å². The van der Waals surface area contributed by atoms with E-state index in [1.54, 1.807) is 11.8 Å². The summed E-state index contributed by atoms with van der Waals surface area (Å²) < 4.78 is 0. The average Bonchev–Trinajstić information content (AvgIpc) is 2.99. The molecular weight excluding hydrogens is 342 g/mol. The van der Waals surface area contributed by atoms with Gasteiger partial charge < -0.3 is 10.6 Å². The van der Waals surface area contributed by atoms with Gasteiger partial charge in [-0.15, -0.1) is 11.3 Å². The topological polar surface area (TPSA) is 71.1 Å². The van der Waals surface area contributed by atoms with Crippen LogP contribution in [0.25, 0.3) is 11.3 Å². The maximum Gasteiger partial charge on any atom is 0.248 e. The van der Waals surface area contributed by atoms with E-state index in [1.165, 1.54) is 18.3 Å². The molecule has 24 heavy (non-hydrogen) atoms. The van der Waals surface area contributed by atoms with Gasteiger partial charge in [0.1, 0.15) is 6.04 Å². The Balaban J connectivity index is 2.06. The van der Waals surface area contributed by atoms with E-state index in [2.05, 4.69) is 21.7 Å². The number of benzene rings is 1. The second kappa shape index (κ2) is 8.84. The number of carbonyl (C=O) groups is 2. The third kappa shape index (κ3) is 5.35. The number of anilines is 1.